The Morgan fingerprint density at radius 2 is 1.07 bits per heavy atom. The van der Waals surface area contributed by atoms with Gasteiger partial charge < -0.3 is 10.6 Å². The molecule has 0 radical (unpaired) electrons. The van der Waals surface area contributed by atoms with Crippen molar-refractivity contribution in [1.82, 2.24) is 24.7 Å². The van der Waals surface area contributed by atoms with Crippen LogP contribution in [-0.2, 0) is 13.1 Å². The molecule has 0 aliphatic carbocycles. The summed E-state index contributed by atoms with van der Waals surface area (Å²) in [6, 6.07) is 39.4. The first-order valence-corrected chi connectivity index (χ1v) is 18.8. The maximum Gasteiger partial charge on any atom is 0.130 e. The molecule has 0 fully saturated rings. The number of aromatic nitrogens is 5. The molecule has 0 saturated heterocycles. The summed E-state index contributed by atoms with van der Waals surface area (Å²) in [5, 5.41) is 16.7. The predicted octanol–water partition coefficient (Wildman–Crippen LogP) is 12.2. The van der Waals surface area contributed by atoms with Gasteiger partial charge in [0.25, 0.3) is 0 Å². The van der Waals surface area contributed by atoms with Crippen molar-refractivity contribution in [1.29, 1.82) is 0 Å². The lowest BCUT2D eigenvalue weighted by atomic mass is 10.0. The van der Waals surface area contributed by atoms with Gasteiger partial charge in [-0.3, -0.25) is 4.98 Å². The number of para-hydroxylation sites is 4. The van der Waals surface area contributed by atoms with E-state index in [1.807, 2.05) is 74.9 Å². The van der Waals surface area contributed by atoms with Crippen LogP contribution in [0.4, 0.5) is 11.5 Å². The zero-order valence-electron chi connectivity index (χ0n) is 32.1. The molecule has 0 saturated carbocycles. The van der Waals surface area contributed by atoms with Crippen molar-refractivity contribution in [2.75, 3.05) is 10.6 Å². The van der Waals surface area contributed by atoms with Crippen LogP contribution in [0, 0.1) is 0 Å². The molecule has 4 aromatic carbocycles. The SMILES string of the molecule is C/C=C\C(=C/C)n1nc(C(C)C)cc1NCc1c2ccccc2nc2ccccc12.CC.c1ccc2c(CNc3ccncc3)c3ccccc3nc2c1. The summed E-state index contributed by atoms with van der Waals surface area (Å²) in [5.41, 5.74) is 9.84. The quantitative estimate of drug-likeness (QED) is 0.115. The van der Waals surface area contributed by atoms with Crippen LogP contribution >= 0.6 is 0 Å². The van der Waals surface area contributed by atoms with E-state index < -0.39 is 0 Å². The highest BCUT2D eigenvalue weighted by Gasteiger charge is 2.15. The second-order valence-corrected chi connectivity index (χ2v) is 12.9. The van der Waals surface area contributed by atoms with Crippen LogP contribution in [-0.4, -0.2) is 24.7 Å². The predicted molar refractivity (Wildman–Crippen MR) is 230 cm³/mol. The Kier molecular flexibility index (Phi) is 12.4. The van der Waals surface area contributed by atoms with Crippen LogP contribution in [0.2, 0.25) is 0 Å². The number of hydrogen-bond acceptors (Lipinski definition) is 6. The summed E-state index contributed by atoms with van der Waals surface area (Å²) in [7, 11) is 0. The molecule has 0 unspecified atom stereocenters. The van der Waals surface area contributed by atoms with E-state index in [2.05, 4.69) is 120 Å². The molecule has 0 aliphatic heterocycles. The molecular formula is C47H49N7. The topological polar surface area (TPSA) is 80.5 Å². The number of nitrogens with zero attached hydrogens (tertiary/aromatic N) is 5. The van der Waals surface area contributed by atoms with Gasteiger partial charge in [-0.2, -0.15) is 5.10 Å². The second-order valence-electron chi connectivity index (χ2n) is 12.9. The highest BCUT2D eigenvalue weighted by Crippen LogP contribution is 2.29. The summed E-state index contributed by atoms with van der Waals surface area (Å²) < 4.78 is 2.00. The van der Waals surface area contributed by atoms with Gasteiger partial charge in [0.1, 0.15) is 5.82 Å². The summed E-state index contributed by atoms with van der Waals surface area (Å²) in [5.74, 6) is 1.35. The Labute approximate surface area is 318 Å². The highest BCUT2D eigenvalue weighted by molar-refractivity contribution is 5.98. The van der Waals surface area contributed by atoms with Crippen LogP contribution in [0.25, 0.3) is 49.3 Å². The van der Waals surface area contributed by atoms with Crippen LogP contribution in [0.5, 0.6) is 0 Å². The Balaban J connectivity index is 0.000000183. The van der Waals surface area contributed by atoms with Crippen LogP contribution in [0.3, 0.4) is 0 Å². The minimum absolute atomic E-state index is 0.359. The van der Waals surface area contributed by atoms with Gasteiger partial charge in [0, 0.05) is 58.8 Å². The molecule has 8 aromatic rings. The average molecular weight is 712 g/mol. The molecule has 4 heterocycles. The fraction of sp³-hybridized carbons (Fsp3) is 0.191. The maximum atomic E-state index is 4.86. The largest absolute Gasteiger partial charge is 0.381 e. The molecular weight excluding hydrogens is 663 g/mol. The van der Waals surface area contributed by atoms with Crippen LogP contribution < -0.4 is 10.6 Å². The van der Waals surface area contributed by atoms with Crippen molar-refractivity contribution in [3.05, 3.63) is 163 Å². The average Bonchev–Trinajstić information content (AvgIpc) is 3.66. The molecule has 2 N–H and O–H groups in total. The Morgan fingerprint density at radius 1 is 0.630 bits per heavy atom. The number of benzene rings is 4. The van der Waals surface area contributed by atoms with Gasteiger partial charge in [-0.15, -0.1) is 0 Å². The van der Waals surface area contributed by atoms with Gasteiger partial charge >= 0.3 is 0 Å². The third-order valence-corrected chi connectivity index (χ3v) is 9.19. The number of hydrogen-bond donors (Lipinski definition) is 2. The van der Waals surface area contributed by atoms with Gasteiger partial charge in [0.05, 0.1) is 33.5 Å². The molecule has 7 heteroatoms. The van der Waals surface area contributed by atoms with Gasteiger partial charge in [-0.1, -0.05) is 113 Å². The lowest BCUT2D eigenvalue weighted by molar-refractivity contribution is 0.777. The fourth-order valence-corrected chi connectivity index (χ4v) is 6.54. The third-order valence-electron chi connectivity index (χ3n) is 9.19. The van der Waals surface area contributed by atoms with Crippen molar-refractivity contribution in [3.63, 3.8) is 0 Å². The second kappa shape index (κ2) is 17.9. The van der Waals surface area contributed by atoms with Crippen LogP contribution in [0.1, 0.15) is 64.3 Å². The van der Waals surface area contributed by atoms with E-state index in [9.17, 15) is 0 Å². The Bertz CT molecular complexity index is 2420. The normalized spacial score (nSPS) is 11.5. The van der Waals surface area contributed by atoms with Crippen molar-refractivity contribution in [2.24, 2.45) is 0 Å². The van der Waals surface area contributed by atoms with Crippen molar-refractivity contribution in [2.45, 2.75) is 60.5 Å². The van der Waals surface area contributed by atoms with Gasteiger partial charge in [-0.05, 0) is 73.4 Å². The Morgan fingerprint density at radius 3 is 1.50 bits per heavy atom. The minimum Gasteiger partial charge on any atom is -0.381 e. The molecule has 0 atom stereocenters. The maximum absolute atomic E-state index is 4.86. The van der Waals surface area contributed by atoms with Crippen LogP contribution in [0.15, 0.2) is 146 Å². The van der Waals surface area contributed by atoms with E-state index in [0.29, 0.717) is 12.5 Å². The fourth-order valence-electron chi connectivity index (χ4n) is 6.54. The minimum atomic E-state index is 0.359. The van der Waals surface area contributed by atoms with E-state index in [1.165, 1.54) is 32.7 Å². The van der Waals surface area contributed by atoms with Gasteiger partial charge in [0.2, 0.25) is 0 Å². The molecule has 0 spiro atoms. The van der Waals surface area contributed by atoms with E-state index in [-0.39, 0.29) is 0 Å². The smallest absolute Gasteiger partial charge is 0.130 e. The molecule has 4 aromatic heterocycles. The van der Waals surface area contributed by atoms with Gasteiger partial charge in [-0.25, -0.2) is 14.6 Å². The van der Waals surface area contributed by atoms with Crippen molar-refractivity contribution >= 4 is 60.8 Å². The molecule has 8 rings (SSSR count). The van der Waals surface area contributed by atoms with E-state index in [4.69, 9.17) is 15.1 Å². The lowest BCUT2D eigenvalue weighted by Gasteiger charge is -2.14. The molecule has 0 aliphatic rings. The first kappa shape index (κ1) is 37.4. The summed E-state index contributed by atoms with van der Waals surface area (Å²) in [6.07, 6.45) is 9.80. The third kappa shape index (κ3) is 8.31. The monoisotopic (exact) mass is 711 g/mol. The Hall–Kier alpha value is -6.34. The number of pyridine rings is 3. The number of anilines is 2. The number of fused-ring (bicyclic) bond motifs is 4. The molecule has 272 valence electrons. The standard InChI is InChI=1S/C26H28N4.C19H15N3.C2H6/c1-5-11-19(6-2)30-26(16-25(29-30)18(3)4)27-17-22-20-12-7-9-14-23(20)28-24-15-10-8-13-21(22)24;1-3-7-18-15(5-1)17(13-21-14-9-11-20-12-10-14)16-6-2-4-8-19(16)22-18;1-2/h5-16,18,27H,17H2,1-4H3;1-12H,13H2,(H,20,21);1-2H3/b11-5-,19-6+;;. The van der Waals surface area contributed by atoms with Crippen molar-refractivity contribution < 1.29 is 0 Å². The van der Waals surface area contributed by atoms with E-state index in [1.54, 1.807) is 12.4 Å². The zero-order chi connectivity index (χ0) is 37.9. The first-order chi connectivity index (χ1) is 26.5. The summed E-state index contributed by atoms with van der Waals surface area (Å²) >= 11 is 0. The molecule has 54 heavy (non-hydrogen) atoms. The molecule has 0 amide bonds. The molecule has 0 bridgehead atoms. The molecule has 7 nitrogen and oxygen atoms in total. The zero-order valence-corrected chi connectivity index (χ0v) is 32.1. The lowest BCUT2D eigenvalue weighted by Crippen LogP contribution is -2.08. The first-order valence-electron chi connectivity index (χ1n) is 18.8. The highest BCUT2D eigenvalue weighted by atomic mass is 15.3. The van der Waals surface area contributed by atoms with E-state index >= 15 is 0 Å². The number of rotatable bonds is 9. The summed E-state index contributed by atoms with van der Waals surface area (Å²) in [6.45, 7) is 13.9. The van der Waals surface area contributed by atoms with E-state index in [0.717, 1.165) is 51.5 Å². The number of allylic oxidation sites excluding steroid dienone is 4. The number of nitrogens with one attached hydrogen (secondary N) is 2. The van der Waals surface area contributed by atoms with Gasteiger partial charge in [0.15, 0.2) is 0 Å². The summed E-state index contributed by atoms with van der Waals surface area (Å²) in [4.78, 5) is 13.6. The van der Waals surface area contributed by atoms with Crippen molar-refractivity contribution in [3.8, 4) is 0 Å².